The summed E-state index contributed by atoms with van der Waals surface area (Å²) in [6.07, 6.45) is 8.07. The number of likely N-dealkylation sites (tertiary alicyclic amines) is 1. The van der Waals surface area contributed by atoms with Gasteiger partial charge in [0.1, 0.15) is 0 Å². The van der Waals surface area contributed by atoms with Gasteiger partial charge < -0.3 is 10.2 Å². The summed E-state index contributed by atoms with van der Waals surface area (Å²) >= 11 is 0. The fraction of sp³-hybridized carbons (Fsp3) is 0.577. The fourth-order valence-corrected chi connectivity index (χ4v) is 6.67. The van der Waals surface area contributed by atoms with Crippen LogP contribution in [0, 0.1) is 18.8 Å². The molecular weight excluding hydrogens is 426 g/mol. The van der Waals surface area contributed by atoms with Crippen molar-refractivity contribution in [2.75, 3.05) is 19.6 Å². The van der Waals surface area contributed by atoms with Crippen molar-refractivity contribution in [3.05, 3.63) is 59.7 Å². The molecule has 8 nitrogen and oxygen atoms in total. The predicted octanol–water partition coefficient (Wildman–Crippen LogP) is 2.39. The van der Waals surface area contributed by atoms with E-state index in [2.05, 4.69) is 61.1 Å². The van der Waals surface area contributed by atoms with Crippen LogP contribution in [-0.4, -0.2) is 63.6 Å². The molecule has 5 heterocycles. The third-order valence-corrected chi connectivity index (χ3v) is 8.33. The average Bonchev–Trinajstić information content (AvgIpc) is 3.26. The van der Waals surface area contributed by atoms with E-state index in [-0.39, 0.29) is 18.1 Å². The first kappa shape index (κ1) is 21.9. The van der Waals surface area contributed by atoms with Crippen molar-refractivity contribution < 1.29 is 4.79 Å². The molecular formula is C26H35N7O. The molecule has 0 spiro atoms. The molecule has 6 rings (SSSR count). The zero-order valence-electron chi connectivity index (χ0n) is 19.9. The maximum Gasteiger partial charge on any atom is 0.317 e. The van der Waals surface area contributed by atoms with E-state index in [1.54, 1.807) is 0 Å². The van der Waals surface area contributed by atoms with Crippen molar-refractivity contribution in [2.24, 2.45) is 11.8 Å². The summed E-state index contributed by atoms with van der Waals surface area (Å²) in [5.41, 5.74) is 10.5. The number of rotatable bonds is 4. The van der Waals surface area contributed by atoms with Gasteiger partial charge in [-0.3, -0.25) is 20.3 Å². The van der Waals surface area contributed by atoms with Gasteiger partial charge in [-0.15, -0.1) is 0 Å². The molecule has 2 amide bonds. The number of aryl methyl sites for hydroxylation is 1. The van der Waals surface area contributed by atoms with Gasteiger partial charge in [-0.05, 0) is 80.8 Å². The van der Waals surface area contributed by atoms with Crippen LogP contribution in [0.25, 0.3) is 0 Å². The summed E-state index contributed by atoms with van der Waals surface area (Å²) < 4.78 is 0. The van der Waals surface area contributed by atoms with Crippen molar-refractivity contribution in [3.8, 4) is 0 Å². The Morgan fingerprint density at radius 1 is 1.06 bits per heavy atom. The molecule has 8 heteroatoms. The summed E-state index contributed by atoms with van der Waals surface area (Å²) in [7, 11) is 0. The Morgan fingerprint density at radius 2 is 2.00 bits per heavy atom. The number of aromatic nitrogens is 2. The molecule has 0 aromatic carbocycles. The number of hydrogen-bond acceptors (Lipinski definition) is 6. The van der Waals surface area contributed by atoms with Crippen molar-refractivity contribution >= 4 is 6.03 Å². The van der Waals surface area contributed by atoms with Crippen molar-refractivity contribution in [1.29, 1.82) is 0 Å². The third kappa shape index (κ3) is 4.30. The normalized spacial score (nSPS) is 33.8. The highest BCUT2D eigenvalue weighted by atomic mass is 16.2. The smallest absolute Gasteiger partial charge is 0.317 e. The Kier molecular flexibility index (Phi) is 5.97. The maximum absolute atomic E-state index is 13.2. The van der Waals surface area contributed by atoms with Gasteiger partial charge in [-0.2, -0.15) is 0 Å². The van der Waals surface area contributed by atoms with Gasteiger partial charge in [0, 0.05) is 55.8 Å². The molecule has 4 aliphatic rings. The third-order valence-electron chi connectivity index (χ3n) is 8.33. The minimum Gasteiger partial charge on any atom is -0.335 e. The van der Waals surface area contributed by atoms with Crippen molar-refractivity contribution in [2.45, 2.75) is 63.3 Å². The van der Waals surface area contributed by atoms with Crippen LogP contribution in [0.5, 0.6) is 0 Å². The average molecular weight is 462 g/mol. The lowest BCUT2D eigenvalue weighted by atomic mass is 9.71. The molecule has 4 fully saturated rings. The summed E-state index contributed by atoms with van der Waals surface area (Å²) in [6.45, 7) is 5.77. The summed E-state index contributed by atoms with van der Waals surface area (Å²) in [4.78, 5) is 26.6. The zero-order chi connectivity index (χ0) is 23.1. The van der Waals surface area contributed by atoms with Crippen LogP contribution in [0.1, 0.15) is 48.7 Å². The highest BCUT2D eigenvalue weighted by Crippen LogP contribution is 2.42. The topological polar surface area (TPSA) is 85.4 Å². The SMILES string of the molecule is Cc1cc(C2NNC3CC4NC(=O)N([C@@H]5CCCN(Cc6ccccn6)C5)CC4CC32)ccn1. The van der Waals surface area contributed by atoms with E-state index >= 15 is 0 Å². The van der Waals surface area contributed by atoms with E-state index < -0.39 is 0 Å². The standard InChI is InChI=1S/C26H35N7O/c1-17-11-18(7-9-27-17)25-22-12-19-14-33(26(34)29-23(19)13-24(22)30-31-25)21-6-4-10-32(16-21)15-20-5-2-3-8-28-20/h2-3,5,7-9,11,19,21-25,30-31H,4,6,10,12-16H2,1H3,(H,29,34)/t19?,21-,22?,23?,24?,25?/m1/s1. The zero-order valence-corrected chi connectivity index (χ0v) is 19.9. The first-order valence-electron chi connectivity index (χ1n) is 12.8. The second-order valence-electron chi connectivity index (χ2n) is 10.6. The highest BCUT2D eigenvalue weighted by molar-refractivity contribution is 5.76. The fourth-order valence-electron chi connectivity index (χ4n) is 6.67. The van der Waals surface area contributed by atoms with E-state index in [1.165, 1.54) is 5.56 Å². The summed E-state index contributed by atoms with van der Waals surface area (Å²) in [6, 6.07) is 11.8. The molecule has 6 atom stereocenters. The highest BCUT2D eigenvalue weighted by Gasteiger charge is 2.48. The van der Waals surface area contributed by atoms with Crippen LogP contribution in [0.2, 0.25) is 0 Å². The van der Waals surface area contributed by atoms with Crippen molar-refractivity contribution in [1.82, 2.24) is 35.9 Å². The largest absolute Gasteiger partial charge is 0.335 e. The molecule has 3 saturated heterocycles. The lowest BCUT2D eigenvalue weighted by Crippen LogP contribution is -2.64. The van der Waals surface area contributed by atoms with E-state index in [1.807, 2.05) is 24.5 Å². The van der Waals surface area contributed by atoms with E-state index in [0.29, 0.717) is 23.9 Å². The molecule has 34 heavy (non-hydrogen) atoms. The lowest BCUT2D eigenvalue weighted by molar-refractivity contribution is 0.0521. The number of hydrogen-bond donors (Lipinski definition) is 3. The number of hydrazine groups is 1. The van der Waals surface area contributed by atoms with Gasteiger partial charge in [0.2, 0.25) is 0 Å². The van der Waals surface area contributed by atoms with Crippen LogP contribution in [0.4, 0.5) is 4.79 Å². The minimum absolute atomic E-state index is 0.122. The quantitative estimate of drug-likeness (QED) is 0.648. The number of nitrogens with one attached hydrogen (secondary N) is 3. The second-order valence-corrected chi connectivity index (χ2v) is 10.6. The molecule has 3 aliphatic heterocycles. The number of carbonyl (C=O) groups excluding carboxylic acids is 1. The van der Waals surface area contributed by atoms with Gasteiger partial charge in [0.05, 0.1) is 11.7 Å². The monoisotopic (exact) mass is 461 g/mol. The van der Waals surface area contributed by atoms with Gasteiger partial charge in [0.15, 0.2) is 0 Å². The number of piperidine rings is 1. The number of fused-ring (bicyclic) bond motifs is 2. The Balaban J connectivity index is 1.13. The van der Waals surface area contributed by atoms with E-state index in [0.717, 1.165) is 63.3 Å². The van der Waals surface area contributed by atoms with E-state index in [4.69, 9.17) is 0 Å². The first-order chi connectivity index (χ1) is 16.6. The Hall–Kier alpha value is -2.55. The molecule has 1 aliphatic carbocycles. The second kappa shape index (κ2) is 9.24. The maximum atomic E-state index is 13.2. The summed E-state index contributed by atoms with van der Waals surface area (Å²) in [5, 5.41) is 3.38. The van der Waals surface area contributed by atoms with Gasteiger partial charge in [-0.1, -0.05) is 6.07 Å². The van der Waals surface area contributed by atoms with Crippen LogP contribution in [0.15, 0.2) is 42.7 Å². The van der Waals surface area contributed by atoms with Crippen LogP contribution in [-0.2, 0) is 6.54 Å². The summed E-state index contributed by atoms with van der Waals surface area (Å²) in [5.74, 6) is 1.00. The van der Waals surface area contributed by atoms with Crippen LogP contribution >= 0.6 is 0 Å². The molecule has 5 unspecified atom stereocenters. The number of carbonyl (C=O) groups is 1. The predicted molar refractivity (Wildman–Crippen MR) is 130 cm³/mol. The minimum atomic E-state index is 0.122. The molecule has 1 saturated carbocycles. The molecule has 2 aromatic heterocycles. The van der Waals surface area contributed by atoms with Gasteiger partial charge in [-0.25, -0.2) is 10.2 Å². The van der Waals surface area contributed by atoms with Gasteiger partial charge in [0.25, 0.3) is 0 Å². The Labute approximate surface area is 201 Å². The molecule has 0 radical (unpaired) electrons. The number of nitrogens with zero attached hydrogens (tertiary/aromatic N) is 4. The lowest BCUT2D eigenvalue weighted by Gasteiger charge is -2.49. The molecule has 3 N–H and O–H groups in total. The Morgan fingerprint density at radius 3 is 2.85 bits per heavy atom. The van der Waals surface area contributed by atoms with Gasteiger partial charge >= 0.3 is 6.03 Å². The first-order valence-corrected chi connectivity index (χ1v) is 12.8. The van der Waals surface area contributed by atoms with Crippen LogP contribution < -0.4 is 16.2 Å². The number of pyridine rings is 2. The number of amides is 2. The number of urea groups is 1. The Bertz CT molecular complexity index is 1020. The molecule has 2 aromatic rings. The van der Waals surface area contributed by atoms with Crippen molar-refractivity contribution in [3.63, 3.8) is 0 Å². The van der Waals surface area contributed by atoms with E-state index in [9.17, 15) is 4.79 Å². The van der Waals surface area contributed by atoms with Crippen LogP contribution in [0.3, 0.4) is 0 Å². The molecule has 180 valence electrons. The molecule has 0 bridgehead atoms.